The number of hydrogen-bond acceptors (Lipinski definition) is 4. The Morgan fingerprint density at radius 2 is 2.78 bits per heavy atom. The number of nitrogens with zero attached hydrogens (tertiary/aromatic N) is 2. The Kier molecular flexibility index (Phi) is 2.00. The summed E-state index contributed by atoms with van der Waals surface area (Å²) in [5.41, 5.74) is 5.30. The molecule has 0 aromatic heterocycles. The minimum Gasteiger partial charge on any atom is -0.402 e. The molecule has 0 radical (unpaired) electrons. The van der Waals surface area contributed by atoms with Gasteiger partial charge in [-0.3, -0.25) is 0 Å². The van der Waals surface area contributed by atoms with Crippen molar-refractivity contribution in [3.8, 4) is 0 Å². The molecule has 4 heteroatoms. The van der Waals surface area contributed by atoms with Crippen molar-refractivity contribution in [1.82, 2.24) is 4.90 Å². The van der Waals surface area contributed by atoms with Gasteiger partial charge in [-0.15, -0.1) is 0 Å². The van der Waals surface area contributed by atoms with Crippen molar-refractivity contribution in [2.24, 2.45) is 10.1 Å². The summed E-state index contributed by atoms with van der Waals surface area (Å²) in [7, 11) is 0. The summed E-state index contributed by atoms with van der Waals surface area (Å²) < 4.78 is 3.96. The summed E-state index contributed by atoms with van der Waals surface area (Å²) in [5, 5.41) is 1.01. The molecule has 0 saturated heterocycles. The molecule has 0 unspecified atom stereocenters. The highest BCUT2D eigenvalue weighted by molar-refractivity contribution is 8.02. The molecule has 0 aromatic rings. The van der Waals surface area contributed by atoms with Crippen molar-refractivity contribution in [2.75, 3.05) is 6.54 Å². The van der Waals surface area contributed by atoms with E-state index in [2.05, 4.69) is 11.3 Å². The van der Waals surface area contributed by atoms with Gasteiger partial charge >= 0.3 is 0 Å². The third kappa shape index (κ3) is 1.18. The van der Waals surface area contributed by atoms with E-state index in [1.54, 1.807) is 12.5 Å². The van der Waals surface area contributed by atoms with Crippen molar-refractivity contribution < 1.29 is 0 Å². The second kappa shape index (κ2) is 2.77. The fraction of sp³-hybridized carbons (Fsp3) is 0.400. The zero-order chi connectivity index (χ0) is 6.69. The van der Waals surface area contributed by atoms with Gasteiger partial charge in [0.2, 0.25) is 0 Å². The first-order chi connectivity index (χ1) is 4.38. The molecular weight excluding hydrogens is 134 g/mol. The van der Waals surface area contributed by atoms with Crippen LogP contribution in [-0.4, -0.2) is 17.8 Å². The van der Waals surface area contributed by atoms with Crippen LogP contribution >= 0.6 is 11.9 Å². The summed E-state index contributed by atoms with van der Waals surface area (Å²) in [5.74, 6) is 0. The van der Waals surface area contributed by atoms with Crippen molar-refractivity contribution in [2.45, 2.75) is 6.92 Å². The predicted octanol–water partition coefficient (Wildman–Crippen LogP) is 0.756. The summed E-state index contributed by atoms with van der Waals surface area (Å²) >= 11 is 1.41. The van der Waals surface area contributed by atoms with Gasteiger partial charge in [0, 0.05) is 24.7 Å². The highest BCUT2D eigenvalue weighted by atomic mass is 32.2. The fourth-order valence-electron chi connectivity index (χ4n) is 0.607. The van der Waals surface area contributed by atoms with Crippen LogP contribution in [0, 0.1) is 0 Å². The zero-order valence-corrected chi connectivity index (χ0v) is 6.06. The molecule has 0 amide bonds. The van der Waals surface area contributed by atoms with Crippen LogP contribution in [-0.2, 0) is 0 Å². The van der Waals surface area contributed by atoms with Gasteiger partial charge < -0.3 is 10.6 Å². The molecule has 9 heavy (non-hydrogen) atoms. The molecule has 1 aliphatic rings. The van der Waals surface area contributed by atoms with Crippen LogP contribution in [0.3, 0.4) is 0 Å². The first-order valence-electron chi connectivity index (χ1n) is 2.77. The Morgan fingerprint density at radius 1 is 2.00 bits per heavy atom. The van der Waals surface area contributed by atoms with E-state index in [9.17, 15) is 0 Å². The van der Waals surface area contributed by atoms with E-state index in [-0.39, 0.29) is 0 Å². The smallest absolute Gasteiger partial charge is 0.115 e. The maximum Gasteiger partial charge on any atom is 0.115 e. The van der Waals surface area contributed by atoms with Gasteiger partial charge in [0.1, 0.15) is 11.4 Å². The molecule has 3 nitrogen and oxygen atoms in total. The Hall–Kier alpha value is -0.640. The van der Waals surface area contributed by atoms with Gasteiger partial charge in [0.05, 0.1) is 0 Å². The minimum absolute atomic E-state index is 0.930. The van der Waals surface area contributed by atoms with Gasteiger partial charge in [-0.05, 0) is 6.92 Å². The summed E-state index contributed by atoms with van der Waals surface area (Å²) in [6, 6.07) is 0. The standard InChI is InChI=1S/C5H9N3S/c1-2-8-4-7-9-5(8)3-6/h3-4H,2,6H2,1H3/b5-3+. The maximum absolute atomic E-state index is 5.30. The topological polar surface area (TPSA) is 41.6 Å². The van der Waals surface area contributed by atoms with Crippen molar-refractivity contribution in [3.05, 3.63) is 11.2 Å². The van der Waals surface area contributed by atoms with Crippen LogP contribution in [0.1, 0.15) is 6.92 Å². The van der Waals surface area contributed by atoms with Gasteiger partial charge in [-0.1, -0.05) is 0 Å². The van der Waals surface area contributed by atoms with E-state index in [1.807, 2.05) is 4.90 Å². The number of nitrogens with two attached hydrogens (primary N) is 1. The number of hydrogen-bond donors (Lipinski definition) is 1. The predicted molar refractivity (Wildman–Crippen MR) is 40.7 cm³/mol. The highest BCUT2D eigenvalue weighted by Gasteiger charge is 2.09. The van der Waals surface area contributed by atoms with Crippen molar-refractivity contribution in [3.63, 3.8) is 0 Å². The van der Waals surface area contributed by atoms with Crippen molar-refractivity contribution in [1.29, 1.82) is 0 Å². The summed E-state index contributed by atoms with van der Waals surface area (Å²) in [6.45, 7) is 2.99. The normalized spacial score (nSPS) is 21.9. The molecule has 0 saturated carbocycles. The first-order valence-corrected chi connectivity index (χ1v) is 3.55. The number of rotatable bonds is 1. The van der Waals surface area contributed by atoms with Gasteiger partial charge in [-0.25, -0.2) is 0 Å². The second-order valence-electron chi connectivity index (χ2n) is 1.60. The van der Waals surface area contributed by atoms with Crippen LogP contribution in [0.5, 0.6) is 0 Å². The van der Waals surface area contributed by atoms with Crippen LogP contribution in [0.4, 0.5) is 0 Å². The molecule has 0 aromatic carbocycles. The SMILES string of the molecule is CCN1C=NS/C1=C/N. The quantitative estimate of drug-likeness (QED) is 0.551. The molecule has 0 atom stereocenters. The Labute approximate surface area is 58.8 Å². The van der Waals surface area contributed by atoms with E-state index >= 15 is 0 Å². The lowest BCUT2D eigenvalue weighted by molar-refractivity contribution is 0.600. The Balaban J connectivity index is 2.60. The highest BCUT2D eigenvalue weighted by Crippen LogP contribution is 2.24. The molecule has 0 bridgehead atoms. The van der Waals surface area contributed by atoms with E-state index in [1.165, 1.54) is 11.9 Å². The molecule has 2 N–H and O–H groups in total. The van der Waals surface area contributed by atoms with E-state index in [0.29, 0.717) is 0 Å². The van der Waals surface area contributed by atoms with Gasteiger partial charge in [0.25, 0.3) is 0 Å². The van der Waals surface area contributed by atoms with Crippen LogP contribution < -0.4 is 5.73 Å². The molecule has 1 heterocycles. The zero-order valence-electron chi connectivity index (χ0n) is 5.24. The van der Waals surface area contributed by atoms with Gasteiger partial charge in [0.15, 0.2) is 0 Å². The second-order valence-corrected chi connectivity index (χ2v) is 2.41. The fourth-order valence-corrected chi connectivity index (χ4v) is 1.22. The largest absolute Gasteiger partial charge is 0.402 e. The van der Waals surface area contributed by atoms with Crippen LogP contribution in [0.25, 0.3) is 0 Å². The van der Waals surface area contributed by atoms with Crippen molar-refractivity contribution >= 4 is 18.3 Å². The lowest BCUT2D eigenvalue weighted by Gasteiger charge is -2.10. The van der Waals surface area contributed by atoms with E-state index in [0.717, 1.165) is 11.6 Å². The summed E-state index contributed by atoms with van der Waals surface area (Å²) in [6.07, 6.45) is 3.35. The molecule has 1 aliphatic heterocycles. The molecule has 1 rings (SSSR count). The monoisotopic (exact) mass is 143 g/mol. The third-order valence-corrected chi connectivity index (χ3v) is 1.86. The Morgan fingerprint density at radius 3 is 3.22 bits per heavy atom. The molecule has 0 aliphatic carbocycles. The van der Waals surface area contributed by atoms with E-state index < -0.39 is 0 Å². The summed E-state index contributed by atoms with van der Waals surface area (Å²) in [4.78, 5) is 1.99. The van der Waals surface area contributed by atoms with Gasteiger partial charge in [-0.2, -0.15) is 4.40 Å². The molecule has 0 spiro atoms. The Bertz CT molecular complexity index is 152. The minimum atomic E-state index is 0.930. The lowest BCUT2D eigenvalue weighted by Crippen LogP contribution is -2.15. The average Bonchev–Trinajstić information content (AvgIpc) is 2.33. The van der Waals surface area contributed by atoms with E-state index in [4.69, 9.17) is 5.73 Å². The lowest BCUT2D eigenvalue weighted by atomic mass is 10.6. The third-order valence-electron chi connectivity index (χ3n) is 1.10. The first kappa shape index (κ1) is 6.48. The molecule has 50 valence electrons. The maximum atomic E-state index is 5.30. The molecular formula is C5H9N3S. The van der Waals surface area contributed by atoms with Crippen LogP contribution in [0.15, 0.2) is 15.6 Å². The molecule has 0 fully saturated rings. The average molecular weight is 143 g/mol. The van der Waals surface area contributed by atoms with Crippen LogP contribution in [0.2, 0.25) is 0 Å².